The van der Waals surface area contributed by atoms with Gasteiger partial charge in [-0.05, 0) is 52.4 Å². The Labute approximate surface area is 116 Å². The Kier molecular flexibility index (Phi) is 5.10. The molecule has 0 amide bonds. The number of aromatic hydroxyl groups is 1. The fourth-order valence-electron chi connectivity index (χ4n) is 2.01. The quantitative estimate of drug-likeness (QED) is 0.897. The Balaban J connectivity index is 0.00000144. The van der Waals surface area contributed by atoms with Crippen LogP contribution in [0.5, 0.6) is 11.5 Å². The van der Waals surface area contributed by atoms with Gasteiger partial charge in [0.25, 0.3) is 0 Å². The molecule has 96 valence electrons. The summed E-state index contributed by atoms with van der Waals surface area (Å²) in [4.78, 5) is 0. The number of methoxy groups -OCH3 is 1. The zero-order valence-corrected chi connectivity index (χ0v) is 12.1. The Morgan fingerprint density at radius 2 is 2.12 bits per heavy atom. The van der Waals surface area contributed by atoms with E-state index in [1.807, 2.05) is 12.1 Å². The van der Waals surface area contributed by atoms with Gasteiger partial charge in [-0.25, -0.2) is 0 Å². The fraction of sp³-hybridized carbons (Fsp3) is 0.500. The molecule has 3 nitrogen and oxygen atoms in total. The van der Waals surface area contributed by atoms with E-state index in [9.17, 15) is 5.11 Å². The van der Waals surface area contributed by atoms with Gasteiger partial charge in [0.15, 0.2) is 11.5 Å². The Hall–Kier alpha value is -0.450. The smallest absolute Gasteiger partial charge is 0.172 e. The number of nitrogens with two attached hydrogens (primary N) is 1. The van der Waals surface area contributed by atoms with Crippen molar-refractivity contribution in [2.75, 3.05) is 7.11 Å². The summed E-state index contributed by atoms with van der Waals surface area (Å²) in [6.07, 6.45) is 3.67. The lowest BCUT2D eigenvalue weighted by molar-refractivity contribution is 0.263. The first-order valence-corrected chi connectivity index (χ1v) is 6.24. The van der Waals surface area contributed by atoms with Crippen LogP contribution >= 0.6 is 28.3 Å². The summed E-state index contributed by atoms with van der Waals surface area (Å²) in [6.45, 7) is 0. The van der Waals surface area contributed by atoms with E-state index < -0.39 is 0 Å². The number of halogens is 2. The molecule has 0 bridgehead atoms. The van der Waals surface area contributed by atoms with Crippen LogP contribution in [-0.4, -0.2) is 12.2 Å². The summed E-state index contributed by atoms with van der Waals surface area (Å²) in [7, 11) is 1.54. The third-order valence-corrected chi connectivity index (χ3v) is 3.92. The molecule has 0 spiro atoms. The topological polar surface area (TPSA) is 55.5 Å². The van der Waals surface area contributed by atoms with Gasteiger partial charge in [0.2, 0.25) is 0 Å². The third kappa shape index (κ3) is 2.87. The zero-order valence-electron chi connectivity index (χ0n) is 9.65. The highest BCUT2D eigenvalue weighted by Crippen LogP contribution is 2.41. The molecular weight excluding hydrogens is 305 g/mol. The van der Waals surface area contributed by atoms with Crippen molar-refractivity contribution in [3.05, 3.63) is 22.2 Å². The van der Waals surface area contributed by atoms with E-state index in [1.165, 1.54) is 19.3 Å². The van der Waals surface area contributed by atoms with Crippen LogP contribution in [-0.2, 0) is 0 Å². The molecule has 5 heteroatoms. The van der Waals surface area contributed by atoms with Crippen LogP contribution in [0.1, 0.15) is 30.9 Å². The van der Waals surface area contributed by atoms with Crippen molar-refractivity contribution < 1.29 is 9.84 Å². The van der Waals surface area contributed by atoms with Crippen molar-refractivity contribution in [1.82, 2.24) is 0 Å². The maximum atomic E-state index is 9.70. The van der Waals surface area contributed by atoms with E-state index in [2.05, 4.69) is 15.9 Å². The SMILES string of the molecule is COc1cc([C@H](N)C2CCC2)cc(Br)c1O.Cl. The molecule has 1 aliphatic rings. The lowest BCUT2D eigenvalue weighted by Gasteiger charge is -2.31. The molecule has 3 N–H and O–H groups in total. The second kappa shape index (κ2) is 5.94. The van der Waals surface area contributed by atoms with Crippen LogP contribution in [0.15, 0.2) is 16.6 Å². The van der Waals surface area contributed by atoms with E-state index >= 15 is 0 Å². The molecule has 0 unspecified atom stereocenters. The molecule has 0 aliphatic heterocycles. The average molecular weight is 323 g/mol. The minimum Gasteiger partial charge on any atom is -0.503 e. The van der Waals surface area contributed by atoms with Gasteiger partial charge in [0, 0.05) is 6.04 Å². The summed E-state index contributed by atoms with van der Waals surface area (Å²) < 4.78 is 5.75. The Bertz CT molecular complexity index is 396. The van der Waals surface area contributed by atoms with Crippen LogP contribution in [0.3, 0.4) is 0 Å². The standard InChI is InChI=1S/C12H16BrNO2.ClH/c1-16-10-6-8(5-9(13)12(10)15)11(14)7-3-2-4-7;/h5-7,11,15H,2-4,14H2,1H3;1H/t11-;/m1./s1. The molecule has 1 aromatic carbocycles. The number of hydrogen-bond donors (Lipinski definition) is 2. The molecule has 1 saturated carbocycles. The highest BCUT2D eigenvalue weighted by molar-refractivity contribution is 9.10. The van der Waals surface area contributed by atoms with Gasteiger partial charge in [-0.2, -0.15) is 0 Å². The van der Waals surface area contributed by atoms with Gasteiger partial charge in [-0.1, -0.05) is 6.42 Å². The Morgan fingerprint density at radius 3 is 2.59 bits per heavy atom. The normalized spacial score (nSPS) is 16.9. The van der Waals surface area contributed by atoms with E-state index in [4.69, 9.17) is 10.5 Å². The van der Waals surface area contributed by atoms with Crippen molar-refractivity contribution in [1.29, 1.82) is 0 Å². The molecule has 2 rings (SSSR count). The van der Waals surface area contributed by atoms with Crippen LogP contribution in [0.2, 0.25) is 0 Å². The molecule has 1 fully saturated rings. The lowest BCUT2D eigenvalue weighted by Crippen LogP contribution is -2.26. The van der Waals surface area contributed by atoms with Crippen molar-refractivity contribution in [3.63, 3.8) is 0 Å². The first-order chi connectivity index (χ1) is 7.63. The summed E-state index contributed by atoms with van der Waals surface area (Å²) in [5.74, 6) is 1.17. The molecular formula is C12H17BrClNO2. The zero-order chi connectivity index (χ0) is 11.7. The van der Waals surface area contributed by atoms with E-state index in [0.717, 1.165) is 5.56 Å². The van der Waals surface area contributed by atoms with Crippen molar-refractivity contribution in [3.8, 4) is 11.5 Å². The maximum absolute atomic E-state index is 9.70. The largest absolute Gasteiger partial charge is 0.503 e. The molecule has 17 heavy (non-hydrogen) atoms. The number of rotatable bonds is 3. The fourth-order valence-corrected chi connectivity index (χ4v) is 2.47. The molecule has 0 heterocycles. The Morgan fingerprint density at radius 1 is 1.47 bits per heavy atom. The van der Waals surface area contributed by atoms with E-state index in [0.29, 0.717) is 16.1 Å². The molecule has 1 aliphatic carbocycles. The number of hydrogen-bond acceptors (Lipinski definition) is 3. The maximum Gasteiger partial charge on any atom is 0.172 e. The predicted octanol–water partition coefficient (Wildman–Crippen LogP) is 3.39. The third-order valence-electron chi connectivity index (χ3n) is 3.31. The van der Waals surface area contributed by atoms with Crippen LogP contribution in [0, 0.1) is 5.92 Å². The number of phenols is 1. The summed E-state index contributed by atoms with van der Waals surface area (Å²) >= 11 is 3.31. The van der Waals surface area contributed by atoms with Crippen molar-refractivity contribution in [2.45, 2.75) is 25.3 Å². The monoisotopic (exact) mass is 321 g/mol. The van der Waals surface area contributed by atoms with Crippen molar-refractivity contribution in [2.24, 2.45) is 11.7 Å². The van der Waals surface area contributed by atoms with Crippen molar-refractivity contribution >= 4 is 28.3 Å². The summed E-state index contributed by atoms with van der Waals surface area (Å²) in [5.41, 5.74) is 7.20. The van der Waals surface area contributed by atoms with E-state index in [1.54, 1.807) is 7.11 Å². The number of phenolic OH excluding ortho intramolecular Hbond substituents is 1. The minimum atomic E-state index is 0. The van der Waals surface area contributed by atoms with Gasteiger partial charge in [0.05, 0.1) is 11.6 Å². The summed E-state index contributed by atoms with van der Waals surface area (Å²) in [5, 5.41) is 9.70. The number of benzene rings is 1. The van der Waals surface area contributed by atoms with Gasteiger partial charge in [0.1, 0.15) is 0 Å². The second-order valence-corrected chi connectivity index (χ2v) is 5.12. The molecule has 0 saturated heterocycles. The minimum absolute atomic E-state index is 0. The van der Waals surface area contributed by atoms with E-state index in [-0.39, 0.29) is 24.2 Å². The number of ether oxygens (including phenoxy) is 1. The first-order valence-electron chi connectivity index (χ1n) is 5.45. The predicted molar refractivity (Wildman–Crippen MR) is 73.9 cm³/mol. The van der Waals surface area contributed by atoms with Gasteiger partial charge < -0.3 is 15.6 Å². The van der Waals surface area contributed by atoms with Gasteiger partial charge >= 0.3 is 0 Å². The highest BCUT2D eigenvalue weighted by Gasteiger charge is 2.26. The van der Waals surface area contributed by atoms with Gasteiger partial charge in [-0.3, -0.25) is 0 Å². The van der Waals surface area contributed by atoms with Crippen LogP contribution in [0.25, 0.3) is 0 Å². The molecule has 1 atom stereocenters. The van der Waals surface area contributed by atoms with Crippen LogP contribution < -0.4 is 10.5 Å². The average Bonchev–Trinajstić information content (AvgIpc) is 2.19. The summed E-state index contributed by atoms with van der Waals surface area (Å²) in [6, 6.07) is 3.74. The van der Waals surface area contributed by atoms with Gasteiger partial charge in [-0.15, -0.1) is 12.4 Å². The molecule has 1 aromatic rings. The van der Waals surface area contributed by atoms with Crippen LogP contribution in [0.4, 0.5) is 0 Å². The molecule has 0 radical (unpaired) electrons. The molecule has 0 aromatic heterocycles. The second-order valence-electron chi connectivity index (χ2n) is 4.27. The highest BCUT2D eigenvalue weighted by atomic mass is 79.9. The lowest BCUT2D eigenvalue weighted by atomic mass is 9.77. The first kappa shape index (κ1) is 14.6.